The van der Waals surface area contributed by atoms with Crippen LogP contribution in [0, 0.1) is 31.3 Å². The van der Waals surface area contributed by atoms with Gasteiger partial charge in [-0.2, -0.15) is 0 Å². The van der Waals surface area contributed by atoms with E-state index in [0.29, 0.717) is 0 Å². The summed E-state index contributed by atoms with van der Waals surface area (Å²) in [5.74, 6) is -4.47. The maximum atomic E-state index is 13.4. The van der Waals surface area contributed by atoms with Crippen molar-refractivity contribution in [1.29, 1.82) is 0 Å². The molecule has 0 saturated heterocycles. The predicted octanol–water partition coefficient (Wildman–Crippen LogP) is 1.16. The van der Waals surface area contributed by atoms with Gasteiger partial charge in [0.05, 0.1) is 0 Å². The van der Waals surface area contributed by atoms with Gasteiger partial charge in [0.15, 0.2) is 0 Å². The van der Waals surface area contributed by atoms with E-state index in [2.05, 4.69) is 4.43 Å². The molecule has 0 bridgehead atoms. The molecule has 2 nitrogen and oxygen atoms in total. The van der Waals surface area contributed by atoms with Gasteiger partial charge in [-0.25, -0.2) is 18.0 Å². The summed E-state index contributed by atoms with van der Waals surface area (Å²) < 4.78 is 44.3. The van der Waals surface area contributed by atoms with Crippen molar-refractivity contribution in [2.75, 3.05) is 0 Å². The van der Waals surface area contributed by atoms with E-state index in [9.17, 15) is 18.0 Å². The third-order valence-corrected chi connectivity index (χ3v) is 2.52. The van der Waals surface area contributed by atoms with Gasteiger partial charge in [0.1, 0.15) is 23.0 Å². The number of carbonyl (C=O) groups is 1. The second kappa shape index (κ2) is 4.06. The van der Waals surface area contributed by atoms with Gasteiger partial charge in [-0.1, -0.05) is 0 Å². The Hall–Kier alpha value is -1.30. The zero-order chi connectivity index (χ0) is 11.7. The molecule has 1 rings (SSSR count). The molecule has 0 saturated carbocycles. The SMILES string of the molecule is Cc1c(F)c(C)c(F)c(C(=O)O[SiH3])c1F. The highest BCUT2D eigenvalue weighted by atomic mass is 28.2. The lowest BCUT2D eigenvalue weighted by atomic mass is 10.0. The maximum absolute atomic E-state index is 13.4. The molecule has 0 spiro atoms. The molecule has 0 heterocycles. The molecule has 15 heavy (non-hydrogen) atoms. The standard InChI is InChI=1S/C9H9F3O2Si/c1-3-6(10)4(2)8(12)5(7(3)11)9(13)14-15/h1-2,15H3. The highest BCUT2D eigenvalue weighted by molar-refractivity contribution is 6.09. The fourth-order valence-corrected chi connectivity index (χ4v) is 1.43. The van der Waals surface area contributed by atoms with Gasteiger partial charge in [0.25, 0.3) is 0 Å². The lowest BCUT2D eigenvalue weighted by molar-refractivity contribution is 0.0739. The Morgan fingerprint density at radius 1 is 1.07 bits per heavy atom. The molecule has 0 aliphatic heterocycles. The lowest BCUT2D eigenvalue weighted by Crippen LogP contribution is -2.13. The zero-order valence-electron chi connectivity index (χ0n) is 8.45. The first-order valence-corrected chi connectivity index (χ1v) is 4.95. The fraction of sp³-hybridized carbons (Fsp3) is 0.222. The van der Waals surface area contributed by atoms with Crippen molar-refractivity contribution < 1.29 is 22.4 Å². The van der Waals surface area contributed by atoms with Crippen LogP contribution in [0.4, 0.5) is 13.2 Å². The van der Waals surface area contributed by atoms with Crippen LogP contribution in [0.25, 0.3) is 0 Å². The summed E-state index contributed by atoms with van der Waals surface area (Å²) in [5.41, 5.74) is -1.58. The van der Waals surface area contributed by atoms with E-state index in [1.54, 1.807) is 0 Å². The molecule has 0 fully saturated rings. The van der Waals surface area contributed by atoms with Gasteiger partial charge in [-0.15, -0.1) is 0 Å². The first-order chi connectivity index (χ1) is 6.91. The number of rotatable bonds is 1. The number of benzene rings is 1. The normalized spacial score (nSPS) is 10.5. The maximum Gasteiger partial charge on any atom is 0.330 e. The van der Waals surface area contributed by atoms with Gasteiger partial charge >= 0.3 is 5.97 Å². The molecule has 82 valence electrons. The van der Waals surface area contributed by atoms with Crippen molar-refractivity contribution in [2.45, 2.75) is 13.8 Å². The molecule has 0 aromatic heterocycles. The Kier molecular flexibility index (Phi) is 3.18. The van der Waals surface area contributed by atoms with Crippen LogP contribution < -0.4 is 0 Å². The molecule has 6 heteroatoms. The molecule has 0 aliphatic carbocycles. The summed E-state index contributed by atoms with van der Waals surface area (Å²) in [4.78, 5) is 11.1. The summed E-state index contributed by atoms with van der Waals surface area (Å²) in [6.07, 6.45) is 0. The zero-order valence-corrected chi connectivity index (χ0v) is 10.5. The lowest BCUT2D eigenvalue weighted by Gasteiger charge is -2.09. The van der Waals surface area contributed by atoms with Crippen molar-refractivity contribution in [3.63, 3.8) is 0 Å². The summed E-state index contributed by atoms with van der Waals surface area (Å²) >= 11 is 0. The average Bonchev–Trinajstić information content (AvgIpc) is 2.23. The smallest absolute Gasteiger partial charge is 0.330 e. The number of hydrogen-bond donors (Lipinski definition) is 0. The van der Waals surface area contributed by atoms with Gasteiger partial charge in [-0.3, -0.25) is 0 Å². The third kappa shape index (κ3) is 1.76. The highest BCUT2D eigenvalue weighted by Gasteiger charge is 2.25. The van der Waals surface area contributed by atoms with E-state index < -0.39 is 29.0 Å². The summed E-state index contributed by atoms with van der Waals surface area (Å²) in [5, 5.41) is 0. The third-order valence-electron chi connectivity index (χ3n) is 2.15. The first kappa shape index (κ1) is 11.8. The Morgan fingerprint density at radius 2 is 1.47 bits per heavy atom. The van der Waals surface area contributed by atoms with Gasteiger partial charge in [0, 0.05) is 11.1 Å². The van der Waals surface area contributed by atoms with E-state index in [-0.39, 0.29) is 21.6 Å². The Balaban J connectivity index is 3.60. The van der Waals surface area contributed by atoms with E-state index in [4.69, 9.17) is 0 Å². The van der Waals surface area contributed by atoms with Gasteiger partial charge in [0.2, 0.25) is 10.5 Å². The minimum atomic E-state index is -1.20. The Labute approximate surface area is 87.6 Å². The second-order valence-corrected chi connectivity index (χ2v) is 3.47. The largest absolute Gasteiger partial charge is 0.525 e. The van der Waals surface area contributed by atoms with Crippen LogP contribution in [0.15, 0.2) is 0 Å². The minimum Gasteiger partial charge on any atom is -0.525 e. The van der Waals surface area contributed by atoms with Crippen molar-refractivity contribution in [2.24, 2.45) is 0 Å². The Bertz CT molecular complexity index is 403. The number of carbonyl (C=O) groups excluding carboxylic acids is 1. The van der Waals surface area contributed by atoms with Crippen LogP contribution in [-0.2, 0) is 4.43 Å². The summed E-state index contributed by atoms with van der Waals surface area (Å²) in [6.45, 7) is 2.28. The first-order valence-electron chi connectivity index (χ1n) is 4.13. The topological polar surface area (TPSA) is 26.3 Å². The van der Waals surface area contributed by atoms with E-state index in [1.165, 1.54) is 0 Å². The quantitative estimate of drug-likeness (QED) is 0.681. The highest BCUT2D eigenvalue weighted by Crippen LogP contribution is 2.24. The van der Waals surface area contributed by atoms with Crippen LogP contribution in [-0.4, -0.2) is 16.5 Å². The molecule has 0 atom stereocenters. The van der Waals surface area contributed by atoms with E-state index in [1.807, 2.05) is 0 Å². The summed E-state index contributed by atoms with van der Waals surface area (Å²) in [7, 11) is 0.0208. The van der Waals surface area contributed by atoms with Crippen molar-refractivity contribution >= 4 is 16.5 Å². The average molecular weight is 234 g/mol. The Morgan fingerprint density at radius 3 is 1.80 bits per heavy atom. The molecule has 0 aliphatic rings. The molecule has 0 unspecified atom stereocenters. The second-order valence-electron chi connectivity index (χ2n) is 3.06. The van der Waals surface area contributed by atoms with E-state index >= 15 is 0 Å². The van der Waals surface area contributed by atoms with Crippen LogP contribution in [0.2, 0.25) is 0 Å². The molecular weight excluding hydrogens is 225 g/mol. The monoisotopic (exact) mass is 234 g/mol. The van der Waals surface area contributed by atoms with Crippen molar-refractivity contribution in [3.05, 3.63) is 34.1 Å². The molecule has 1 aromatic carbocycles. The van der Waals surface area contributed by atoms with Gasteiger partial charge in [-0.05, 0) is 13.8 Å². The van der Waals surface area contributed by atoms with E-state index in [0.717, 1.165) is 13.8 Å². The molecular formula is C9H9F3O2Si. The predicted molar refractivity (Wildman–Crippen MR) is 51.1 cm³/mol. The van der Waals surface area contributed by atoms with Crippen LogP contribution in [0.1, 0.15) is 21.5 Å². The van der Waals surface area contributed by atoms with Crippen molar-refractivity contribution in [1.82, 2.24) is 0 Å². The van der Waals surface area contributed by atoms with Crippen molar-refractivity contribution in [3.8, 4) is 0 Å². The van der Waals surface area contributed by atoms with Gasteiger partial charge < -0.3 is 4.43 Å². The minimum absolute atomic E-state index is 0.0208. The number of halogens is 3. The number of hydrogen-bond acceptors (Lipinski definition) is 2. The summed E-state index contributed by atoms with van der Waals surface area (Å²) in [6, 6.07) is 0. The molecule has 1 aromatic rings. The van der Waals surface area contributed by atoms with Crippen LogP contribution in [0.5, 0.6) is 0 Å². The molecule has 0 amide bonds. The van der Waals surface area contributed by atoms with Crippen LogP contribution >= 0.6 is 0 Å². The fourth-order valence-electron chi connectivity index (χ4n) is 1.23. The molecule has 0 N–H and O–H groups in total. The molecule has 0 radical (unpaired) electrons. The van der Waals surface area contributed by atoms with Crippen LogP contribution in [0.3, 0.4) is 0 Å².